The number of nitrogens with zero attached hydrogens (tertiary/aromatic N) is 1. The van der Waals surface area contributed by atoms with Crippen LogP contribution in [0.3, 0.4) is 0 Å². The highest BCUT2D eigenvalue weighted by Gasteiger charge is 2.10. The second-order valence-electron chi connectivity index (χ2n) is 5.42. The molecule has 1 aromatic heterocycles. The lowest BCUT2D eigenvalue weighted by Gasteiger charge is -2.12. The summed E-state index contributed by atoms with van der Waals surface area (Å²) in [7, 11) is 0. The van der Waals surface area contributed by atoms with E-state index in [0.29, 0.717) is 12.0 Å². The van der Waals surface area contributed by atoms with E-state index in [4.69, 9.17) is 5.73 Å². The molecule has 1 rings (SSSR count). The normalized spacial score (nSPS) is 13.4. The van der Waals surface area contributed by atoms with Crippen LogP contribution >= 0.6 is 0 Å². The van der Waals surface area contributed by atoms with Gasteiger partial charge >= 0.3 is 0 Å². The van der Waals surface area contributed by atoms with Gasteiger partial charge in [-0.1, -0.05) is 13.8 Å². The molecule has 0 aliphatic rings. The van der Waals surface area contributed by atoms with Crippen molar-refractivity contribution in [1.29, 1.82) is 0 Å². The average molecular weight is 222 g/mol. The highest BCUT2D eigenvalue weighted by Crippen LogP contribution is 2.18. The van der Waals surface area contributed by atoms with Crippen LogP contribution in [-0.2, 0) is 13.0 Å². The third-order valence-electron chi connectivity index (χ3n) is 3.10. The van der Waals surface area contributed by atoms with Gasteiger partial charge in [-0.3, -0.25) is 0 Å². The van der Waals surface area contributed by atoms with Crippen molar-refractivity contribution in [2.24, 2.45) is 11.7 Å². The maximum absolute atomic E-state index is 5.81. The highest BCUT2D eigenvalue weighted by atomic mass is 15.0. The van der Waals surface area contributed by atoms with Crippen molar-refractivity contribution in [3.05, 3.63) is 23.0 Å². The zero-order valence-corrected chi connectivity index (χ0v) is 11.4. The Balaban J connectivity index is 2.80. The lowest BCUT2D eigenvalue weighted by Crippen LogP contribution is -2.15. The van der Waals surface area contributed by atoms with Crippen LogP contribution in [0, 0.1) is 19.8 Å². The van der Waals surface area contributed by atoms with Crippen molar-refractivity contribution in [1.82, 2.24) is 4.57 Å². The van der Waals surface area contributed by atoms with E-state index in [1.54, 1.807) is 0 Å². The molecule has 0 saturated carbocycles. The predicted octanol–water partition coefficient (Wildman–Crippen LogP) is 3.04. The topological polar surface area (TPSA) is 30.9 Å². The average Bonchev–Trinajstić information content (AvgIpc) is 2.42. The Morgan fingerprint density at radius 1 is 1.25 bits per heavy atom. The van der Waals surface area contributed by atoms with Gasteiger partial charge < -0.3 is 10.3 Å². The van der Waals surface area contributed by atoms with Crippen LogP contribution in [-0.4, -0.2) is 10.6 Å². The van der Waals surface area contributed by atoms with Crippen LogP contribution in [0.25, 0.3) is 0 Å². The first-order valence-electron chi connectivity index (χ1n) is 6.33. The van der Waals surface area contributed by atoms with Crippen LogP contribution < -0.4 is 5.73 Å². The molecule has 0 aliphatic carbocycles. The minimum absolute atomic E-state index is 0.299. The van der Waals surface area contributed by atoms with Gasteiger partial charge in [0.15, 0.2) is 0 Å². The Morgan fingerprint density at radius 3 is 2.38 bits per heavy atom. The zero-order valence-electron chi connectivity index (χ0n) is 11.4. The summed E-state index contributed by atoms with van der Waals surface area (Å²) in [5.41, 5.74) is 10.1. The number of aromatic nitrogens is 1. The molecule has 2 N–H and O–H groups in total. The predicted molar refractivity (Wildman–Crippen MR) is 70.7 cm³/mol. The monoisotopic (exact) mass is 222 g/mol. The largest absolute Gasteiger partial charge is 0.349 e. The van der Waals surface area contributed by atoms with Gasteiger partial charge in [0, 0.05) is 24.0 Å². The van der Waals surface area contributed by atoms with Crippen molar-refractivity contribution < 1.29 is 0 Å². The Kier molecular flexibility index (Phi) is 4.60. The molecule has 1 aromatic rings. The molecule has 2 heteroatoms. The van der Waals surface area contributed by atoms with Crippen molar-refractivity contribution in [2.45, 2.75) is 60.0 Å². The van der Waals surface area contributed by atoms with Crippen molar-refractivity contribution >= 4 is 0 Å². The number of rotatable bonds is 5. The van der Waals surface area contributed by atoms with E-state index < -0.39 is 0 Å². The van der Waals surface area contributed by atoms with Gasteiger partial charge in [-0.05, 0) is 51.2 Å². The van der Waals surface area contributed by atoms with Crippen LogP contribution in [0.5, 0.6) is 0 Å². The summed E-state index contributed by atoms with van der Waals surface area (Å²) >= 11 is 0. The van der Waals surface area contributed by atoms with Gasteiger partial charge in [0.1, 0.15) is 0 Å². The SMILES string of the molecule is Cc1cc(CC[C@@H](C)N)c(C)n1CC(C)C. The van der Waals surface area contributed by atoms with E-state index >= 15 is 0 Å². The van der Waals surface area contributed by atoms with E-state index in [9.17, 15) is 0 Å². The molecular weight excluding hydrogens is 196 g/mol. The van der Waals surface area contributed by atoms with Crippen LogP contribution in [0.2, 0.25) is 0 Å². The molecule has 1 atom stereocenters. The van der Waals surface area contributed by atoms with Gasteiger partial charge in [0.2, 0.25) is 0 Å². The molecule has 0 spiro atoms. The van der Waals surface area contributed by atoms with Gasteiger partial charge in [0.25, 0.3) is 0 Å². The third-order valence-corrected chi connectivity index (χ3v) is 3.10. The molecule has 0 fully saturated rings. The molecule has 1 heterocycles. The Morgan fingerprint density at radius 2 is 1.88 bits per heavy atom. The first-order valence-corrected chi connectivity index (χ1v) is 6.33. The molecule has 0 unspecified atom stereocenters. The third kappa shape index (κ3) is 3.38. The standard InChI is InChI=1S/C14H26N2/c1-10(2)9-16-12(4)8-14(13(16)5)7-6-11(3)15/h8,10-11H,6-7,9,15H2,1-5H3/t11-/m1/s1. The van der Waals surface area contributed by atoms with Crippen LogP contribution in [0.15, 0.2) is 6.07 Å². The minimum Gasteiger partial charge on any atom is -0.349 e. The zero-order chi connectivity index (χ0) is 12.3. The molecular formula is C14H26N2. The summed E-state index contributed by atoms with van der Waals surface area (Å²) in [5.74, 6) is 0.700. The molecule has 0 saturated heterocycles. The van der Waals surface area contributed by atoms with E-state index in [2.05, 4.69) is 45.3 Å². The van der Waals surface area contributed by atoms with E-state index in [1.165, 1.54) is 17.0 Å². The maximum atomic E-state index is 5.81. The van der Waals surface area contributed by atoms with Gasteiger partial charge in [-0.15, -0.1) is 0 Å². The lowest BCUT2D eigenvalue weighted by atomic mass is 10.1. The van der Waals surface area contributed by atoms with E-state index in [0.717, 1.165) is 19.4 Å². The summed E-state index contributed by atoms with van der Waals surface area (Å²) in [6, 6.07) is 2.62. The van der Waals surface area contributed by atoms with E-state index in [1.807, 2.05) is 0 Å². The fraction of sp³-hybridized carbons (Fsp3) is 0.714. The molecule has 0 bridgehead atoms. The summed E-state index contributed by atoms with van der Waals surface area (Å²) < 4.78 is 2.43. The molecule has 16 heavy (non-hydrogen) atoms. The molecule has 0 aromatic carbocycles. The minimum atomic E-state index is 0.299. The highest BCUT2D eigenvalue weighted by molar-refractivity contribution is 5.27. The number of nitrogens with two attached hydrogens (primary N) is 1. The first kappa shape index (κ1) is 13.3. The molecule has 92 valence electrons. The fourth-order valence-electron chi connectivity index (χ4n) is 2.15. The van der Waals surface area contributed by atoms with Crippen molar-refractivity contribution in [2.75, 3.05) is 0 Å². The van der Waals surface area contributed by atoms with Crippen molar-refractivity contribution in [3.63, 3.8) is 0 Å². The number of hydrogen-bond donors (Lipinski definition) is 1. The van der Waals surface area contributed by atoms with Crippen molar-refractivity contribution in [3.8, 4) is 0 Å². The summed E-state index contributed by atoms with van der Waals surface area (Å²) in [6.07, 6.45) is 2.18. The van der Waals surface area contributed by atoms with Gasteiger partial charge in [-0.25, -0.2) is 0 Å². The Labute approximate surface area is 99.8 Å². The summed E-state index contributed by atoms with van der Waals surface area (Å²) in [4.78, 5) is 0. The number of hydrogen-bond acceptors (Lipinski definition) is 1. The Bertz CT molecular complexity index is 335. The Hall–Kier alpha value is -0.760. The molecule has 0 amide bonds. The number of aryl methyl sites for hydroxylation is 2. The summed E-state index contributed by atoms with van der Waals surface area (Å²) in [6.45, 7) is 12.2. The first-order chi connectivity index (χ1) is 7.41. The van der Waals surface area contributed by atoms with E-state index in [-0.39, 0.29) is 0 Å². The van der Waals surface area contributed by atoms with Gasteiger partial charge in [0.05, 0.1) is 0 Å². The summed E-state index contributed by atoms with van der Waals surface area (Å²) in [5, 5.41) is 0. The maximum Gasteiger partial charge on any atom is 0.0247 e. The van der Waals surface area contributed by atoms with Crippen LogP contribution in [0.4, 0.5) is 0 Å². The molecule has 0 radical (unpaired) electrons. The molecule has 2 nitrogen and oxygen atoms in total. The second-order valence-corrected chi connectivity index (χ2v) is 5.42. The fourth-order valence-corrected chi connectivity index (χ4v) is 2.15. The second kappa shape index (κ2) is 5.53. The smallest absolute Gasteiger partial charge is 0.0247 e. The molecule has 0 aliphatic heterocycles. The van der Waals surface area contributed by atoms with Crippen LogP contribution in [0.1, 0.15) is 44.1 Å². The lowest BCUT2D eigenvalue weighted by molar-refractivity contribution is 0.508. The quantitative estimate of drug-likeness (QED) is 0.815. The van der Waals surface area contributed by atoms with Gasteiger partial charge in [-0.2, -0.15) is 0 Å².